The fourth-order valence-electron chi connectivity index (χ4n) is 1.84. The van der Waals surface area contributed by atoms with Crippen molar-refractivity contribution in [3.8, 4) is 11.5 Å². The van der Waals surface area contributed by atoms with Gasteiger partial charge in [0.15, 0.2) is 6.61 Å². The molecule has 8 heteroatoms. The molecule has 2 amide bonds. The van der Waals surface area contributed by atoms with Crippen LogP contribution in [0.3, 0.4) is 0 Å². The molecule has 24 heavy (non-hydrogen) atoms. The number of amides is 2. The van der Waals surface area contributed by atoms with Crippen LogP contribution in [0.2, 0.25) is 0 Å². The summed E-state index contributed by atoms with van der Waals surface area (Å²) in [5, 5.41) is 2.55. The lowest BCUT2D eigenvalue weighted by Crippen LogP contribution is -2.20. The largest absolute Gasteiger partial charge is 0.484 e. The first-order chi connectivity index (χ1) is 11.5. The number of hydrogen-bond donors (Lipinski definition) is 2. The van der Waals surface area contributed by atoms with E-state index in [-0.39, 0.29) is 17.9 Å². The van der Waals surface area contributed by atoms with Crippen LogP contribution in [-0.2, 0) is 4.79 Å². The summed E-state index contributed by atoms with van der Waals surface area (Å²) in [6.45, 7) is -3.29. The van der Waals surface area contributed by atoms with Crippen LogP contribution in [0, 0.1) is 0 Å². The van der Waals surface area contributed by atoms with Gasteiger partial charge in [0.05, 0.1) is 5.56 Å². The lowest BCUT2D eigenvalue weighted by atomic mass is 10.2. The van der Waals surface area contributed by atoms with Gasteiger partial charge in [0.2, 0.25) is 0 Å². The van der Waals surface area contributed by atoms with Crippen molar-refractivity contribution < 1.29 is 27.8 Å². The van der Waals surface area contributed by atoms with Crippen LogP contribution in [0.25, 0.3) is 0 Å². The van der Waals surface area contributed by atoms with Crippen molar-refractivity contribution in [3.05, 3.63) is 54.1 Å². The van der Waals surface area contributed by atoms with Crippen LogP contribution in [0.15, 0.2) is 48.5 Å². The molecule has 0 saturated heterocycles. The highest BCUT2D eigenvalue weighted by Crippen LogP contribution is 2.22. The van der Waals surface area contributed by atoms with Crippen LogP contribution in [0.5, 0.6) is 11.5 Å². The third-order valence-electron chi connectivity index (χ3n) is 2.84. The van der Waals surface area contributed by atoms with Gasteiger partial charge in [-0.1, -0.05) is 12.1 Å². The summed E-state index contributed by atoms with van der Waals surface area (Å²) in [5.41, 5.74) is 5.36. The zero-order valence-corrected chi connectivity index (χ0v) is 12.4. The molecule has 3 N–H and O–H groups in total. The average molecular weight is 336 g/mol. The molecule has 0 aliphatic heterocycles. The van der Waals surface area contributed by atoms with Gasteiger partial charge in [0.1, 0.15) is 11.5 Å². The number of hydrogen-bond acceptors (Lipinski definition) is 4. The maximum atomic E-state index is 12.4. The topological polar surface area (TPSA) is 90.7 Å². The second-order valence-corrected chi connectivity index (χ2v) is 4.61. The number of carbonyl (C=O) groups excluding carboxylic acids is 2. The van der Waals surface area contributed by atoms with E-state index in [9.17, 15) is 18.4 Å². The van der Waals surface area contributed by atoms with Gasteiger partial charge in [-0.2, -0.15) is 8.78 Å². The highest BCUT2D eigenvalue weighted by molar-refractivity contribution is 6.06. The van der Waals surface area contributed by atoms with Crippen molar-refractivity contribution in [3.63, 3.8) is 0 Å². The summed E-state index contributed by atoms with van der Waals surface area (Å²) < 4.78 is 34.1. The molecule has 2 aromatic carbocycles. The van der Waals surface area contributed by atoms with E-state index in [1.165, 1.54) is 48.5 Å². The summed E-state index contributed by atoms with van der Waals surface area (Å²) in [4.78, 5) is 22.8. The van der Waals surface area contributed by atoms with Crippen molar-refractivity contribution in [1.82, 2.24) is 0 Å². The molecule has 2 aromatic rings. The fourth-order valence-corrected chi connectivity index (χ4v) is 1.84. The summed E-state index contributed by atoms with van der Waals surface area (Å²) in [6.07, 6.45) is 0. The summed E-state index contributed by atoms with van der Waals surface area (Å²) >= 11 is 0. The maximum absolute atomic E-state index is 12.4. The van der Waals surface area contributed by atoms with Gasteiger partial charge in [-0.3, -0.25) is 9.59 Å². The maximum Gasteiger partial charge on any atom is 0.387 e. The van der Waals surface area contributed by atoms with E-state index in [1.807, 2.05) is 0 Å². The monoisotopic (exact) mass is 336 g/mol. The lowest BCUT2D eigenvalue weighted by molar-refractivity contribution is -0.119. The van der Waals surface area contributed by atoms with Gasteiger partial charge < -0.3 is 20.5 Å². The van der Waals surface area contributed by atoms with Gasteiger partial charge in [-0.15, -0.1) is 0 Å². The Morgan fingerprint density at radius 1 is 1.08 bits per heavy atom. The Bertz CT molecular complexity index is 720. The van der Waals surface area contributed by atoms with Gasteiger partial charge >= 0.3 is 6.61 Å². The number of benzene rings is 2. The number of ether oxygens (including phenoxy) is 2. The molecule has 0 radical (unpaired) electrons. The van der Waals surface area contributed by atoms with Crippen LogP contribution in [0.4, 0.5) is 14.5 Å². The van der Waals surface area contributed by atoms with E-state index < -0.39 is 18.4 Å². The fraction of sp³-hybridized carbons (Fsp3) is 0.125. The third-order valence-corrected chi connectivity index (χ3v) is 2.84. The number of rotatable bonds is 7. The Morgan fingerprint density at radius 2 is 1.75 bits per heavy atom. The van der Waals surface area contributed by atoms with Crippen molar-refractivity contribution in [2.45, 2.75) is 6.61 Å². The molecule has 0 saturated carbocycles. The molecule has 6 nitrogen and oxygen atoms in total. The second-order valence-electron chi connectivity index (χ2n) is 4.61. The van der Waals surface area contributed by atoms with E-state index in [1.54, 1.807) is 0 Å². The third kappa shape index (κ3) is 4.94. The molecule has 0 atom stereocenters. The zero-order valence-electron chi connectivity index (χ0n) is 12.4. The minimum Gasteiger partial charge on any atom is -0.484 e. The van der Waals surface area contributed by atoms with Gasteiger partial charge in [-0.05, 0) is 36.4 Å². The van der Waals surface area contributed by atoms with Gasteiger partial charge in [0, 0.05) is 5.69 Å². The average Bonchev–Trinajstić information content (AvgIpc) is 2.54. The Balaban J connectivity index is 2.06. The number of primary amides is 1. The van der Waals surface area contributed by atoms with Crippen molar-refractivity contribution in [2.24, 2.45) is 5.73 Å². The SMILES string of the molecule is NC(=O)COc1ccc(NC(=O)c2ccccc2OC(F)F)cc1. The standard InChI is InChI=1S/C16H14F2N2O4/c17-16(18)24-13-4-2-1-3-12(13)15(22)20-10-5-7-11(8-6-10)23-9-14(19)21/h1-8,16H,9H2,(H2,19,21)(H,20,22). The molecular formula is C16H14F2N2O4. The smallest absolute Gasteiger partial charge is 0.387 e. The number of nitrogens with two attached hydrogens (primary N) is 1. The zero-order chi connectivity index (χ0) is 17.5. The highest BCUT2D eigenvalue weighted by atomic mass is 19.3. The molecular weight excluding hydrogens is 322 g/mol. The number of para-hydroxylation sites is 1. The van der Waals surface area contributed by atoms with E-state index in [0.29, 0.717) is 11.4 Å². The van der Waals surface area contributed by atoms with Gasteiger partial charge in [0.25, 0.3) is 11.8 Å². The molecule has 0 aromatic heterocycles. The molecule has 126 valence electrons. The number of nitrogens with one attached hydrogen (secondary N) is 1. The summed E-state index contributed by atoms with van der Waals surface area (Å²) in [7, 11) is 0. The van der Waals surface area contributed by atoms with Crippen LogP contribution in [-0.4, -0.2) is 25.0 Å². The highest BCUT2D eigenvalue weighted by Gasteiger charge is 2.15. The molecule has 0 spiro atoms. The first-order valence-electron chi connectivity index (χ1n) is 6.82. The first kappa shape index (κ1) is 17.2. The Kier molecular flexibility index (Phi) is 5.67. The van der Waals surface area contributed by atoms with Crippen molar-refractivity contribution >= 4 is 17.5 Å². The van der Waals surface area contributed by atoms with Crippen LogP contribution >= 0.6 is 0 Å². The molecule has 0 aliphatic rings. The molecule has 0 bridgehead atoms. The van der Waals surface area contributed by atoms with E-state index >= 15 is 0 Å². The predicted molar refractivity (Wildman–Crippen MR) is 82.2 cm³/mol. The summed E-state index contributed by atoms with van der Waals surface area (Å²) in [5.74, 6) is -1.03. The number of halogens is 2. The van der Waals surface area contributed by atoms with E-state index in [4.69, 9.17) is 10.5 Å². The predicted octanol–water partition coefficient (Wildman–Crippen LogP) is 2.40. The van der Waals surface area contributed by atoms with Crippen molar-refractivity contribution in [1.29, 1.82) is 0 Å². The van der Waals surface area contributed by atoms with Crippen LogP contribution < -0.4 is 20.5 Å². The minimum absolute atomic E-state index is 0.0214. The number of carbonyl (C=O) groups is 2. The van der Waals surface area contributed by atoms with Gasteiger partial charge in [-0.25, -0.2) is 0 Å². The molecule has 0 unspecified atom stereocenters. The van der Waals surface area contributed by atoms with E-state index in [2.05, 4.69) is 10.1 Å². The Hall–Kier alpha value is -3.16. The quantitative estimate of drug-likeness (QED) is 0.812. The minimum atomic E-state index is -3.03. The molecule has 0 aliphatic carbocycles. The summed E-state index contributed by atoms with van der Waals surface area (Å²) in [6, 6.07) is 11.8. The normalized spacial score (nSPS) is 10.3. The Labute approximate surface area is 136 Å². The Morgan fingerprint density at radius 3 is 2.38 bits per heavy atom. The second kappa shape index (κ2) is 7.91. The number of alkyl halides is 2. The lowest BCUT2D eigenvalue weighted by Gasteiger charge is -2.11. The van der Waals surface area contributed by atoms with Crippen molar-refractivity contribution in [2.75, 3.05) is 11.9 Å². The molecule has 2 rings (SSSR count). The number of anilines is 1. The molecule has 0 fully saturated rings. The first-order valence-corrected chi connectivity index (χ1v) is 6.82. The van der Waals surface area contributed by atoms with E-state index in [0.717, 1.165) is 0 Å². The molecule has 0 heterocycles. The van der Waals surface area contributed by atoms with Crippen LogP contribution in [0.1, 0.15) is 10.4 Å².